The van der Waals surface area contributed by atoms with E-state index in [4.69, 9.17) is 15.5 Å². The van der Waals surface area contributed by atoms with Gasteiger partial charge in [-0.1, -0.05) is 31.4 Å². The number of benzene rings is 1. The van der Waals surface area contributed by atoms with Gasteiger partial charge in [-0.05, 0) is 30.5 Å². The number of hydrogen-bond acceptors (Lipinski definition) is 2. The Morgan fingerprint density at radius 3 is 2.65 bits per heavy atom. The number of halogens is 1. The minimum atomic E-state index is -0.169. The fraction of sp³-hybridized carbons (Fsp3) is 0.611. The number of hydrogen-bond donors (Lipinski definition) is 1. The van der Waals surface area contributed by atoms with E-state index in [0.29, 0.717) is 25.7 Å². The molecule has 0 spiro atoms. The maximum Gasteiger partial charge on any atom is 0.191 e. The van der Waals surface area contributed by atoms with Crippen molar-refractivity contribution in [1.29, 1.82) is 0 Å². The Balaban J connectivity index is 1.79. The zero-order valence-electron chi connectivity index (χ0n) is 13.6. The van der Waals surface area contributed by atoms with Gasteiger partial charge in [0.25, 0.3) is 0 Å². The number of nitrogens with zero attached hydrogens (tertiary/aromatic N) is 2. The van der Waals surface area contributed by atoms with Crippen LogP contribution in [0.4, 0.5) is 4.39 Å². The van der Waals surface area contributed by atoms with Gasteiger partial charge in [0.2, 0.25) is 0 Å². The Morgan fingerprint density at radius 2 is 1.96 bits per heavy atom. The molecule has 0 unspecified atom stereocenters. The van der Waals surface area contributed by atoms with Crippen LogP contribution in [-0.4, -0.2) is 43.7 Å². The van der Waals surface area contributed by atoms with Gasteiger partial charge in [-0.2, -0.15) is 0 Å². The first-order chi connectivity index (χ1) is 11.2. The molecule has 1 aromatic carbocycles. The van der Waals surface area contributed by atoms with Gasteiger partial charge < -0.3 is 15.4 Å². The van der Waals surface area contributed by atoms with Crippen LogP contribution in [0.2, 0.25) is 0 Å². The Morgan fingerprint density at radius 1 is 1.22 bits per heavy atom. The van der Waals surface area contributed by atoms with Gasteiger partial charge in [-0.15, -0.1) is 0 Å². The van der Waals surface area contributed by atoms with Crippen LogP contribution in [0.15, 0.2) is 29.3 Å². The highest BCUT2D eigenvalue weighted by molar-refractivity contribution is 5.78. The van der Waals surface area contributed by atoms with Crippen molar-refractivity contribution in [2.24, 2.45) is 10.7 Å². The predicted octanol–water partition coefficient (Wildman–Crippen LogP) is 2.67. The monoisotopic (exact) mass is 319 g/mol. The van der Waals surface area contributed by atoms with E-state index in [9.17, 15) is 4.39 Å². The van der Waals surface area contributed by atoms with Gasteiger partial charge in [-0.25, -0.2) is 4.39 Å². The van der Waals surface area contributed by atoms with Crippen molar-refractivity contribution in [3.05, 3.63) is 35.6 Å². The van der Waals surface area contributed by atoms with Crippen LogP contribution in [-0.2, 0) is 10.2 Å². The predicted molar refractivity (Wildman–Crippen MR) is 90.0 cm³/mol. The van der Waals surface area contributed by atoms with Crippen molar-refractivity contribution < 1.29 is 9.13 Å². The van der Waals surface area contributed by atoms with Crippen molar-refractivity contribution in [2.75, 3.05) is 32.8 Å². The second kappa shape index (κ2) is 7.30. The fourth-order valence-electron chi connectivity index (χ4n) is 3.71. The second-order valence-corrected chi connectivity index (χ2v) is 6.63. The molecule has 0 radical (unpaired) electrons. The van der Waals surface area contributed by atoms with Crippen LogP contribution in [0.1, 0.15) is 37.7 Å². The molecule has 0 atom stereocenters. The average molecular weight is 319 g/mol. The highest BCUT2D eigenvalue weighted by Gasteiger charge is 2.34. The molecule has 0 amide bonds. The third kappa shape index (κ3) is 3.83. The topological polar surface area (TPSA) is 50.8 Å². The van der Waals surface area contributed by atoms with Crippen LogP contribution in [0.25, 0.3) is 0 Å². The summed E-state index contributed by atoms with van der Waals surface area (Å²) in [4.78, 5) is 6.77. The number of aliphatic imine (C=N–C) groups is 1. The number of nitrogens with two attached hydrogens (primary N) is 1. The lowest BCUT2D eigenvalue weighted by Gasteiger charge is -2.37. The van der Waals surface area contributed by atoms with Crippen LogP contribution >= 0.6 is 0 Å². The third-order valence-corrected chi connectivity index (χ3v) is 5.13. The molecule has 2 fully saturated rings. The lowest BCUT2D eigenvalue weighted by atomic mass is 9.69. The largest absolute Gasteiger partial charge is 0.378 e. The smallest absolute Gasteiger partial charge is 0.191 e. The number of morpholine rings is 1. The Hall–Kier alpha value is -1.62. The first kappa shape index (κ1) is 16.2. The van der Waals surface area contributed by atoms with Gasteiger partial charge in [0.15, 0.2) is 5.96 Å². The standard InChI is InChI=1S/C18H26FN3O/c19-16-6-4-5-15(13-16)18(7-2-1-3-8-18)14-21-17(20)22-9-11-23-12-10-22/h4-6,13H,1-3,7-12,14H2,(H2,20,21). The maximum absolute atomic E-state index is 13.7. The first-order valence-corrected chi connectivity index (χ1v) is 8.58. The SMILES string of the molecule is NC(=NCC1(c2cccc(F)c2)CCCCC1)N1CCOCC1. The molecular weight excluding hydrogens is 293 g/mol. The molecule has 1 aliphatic carbocycles. The molecule has 1 saturated heterocycles. The summed E-state index contributed by atoms with van der Waals surface area (Å²) >= 11 is 0. The van der Waals surface area contributed by atoms with Crippen molar-refractivity contribution in [1.82, 2.24) is 4.90 Å². The van der Waals surface area contributed by atoms with Crippen LogP contribution in [0, 0.1) is 5.82 Å². The summed E-state index contributed by atoms with van der Waals surface area (Å²) in [5.41, 5.74) is 7.17. The molecule has 5 heteroatoms. The second-order valence-electron chi connectivity index (χ2n) is 6.63. The van der Waals surface area contributed by atoms with Crippen molar-refractivity contribution in [3.63, 3.8) is 0 Å². The van der Waals surface area contributed by atoms with Crippen molar-refractivity contribution in [2.45, 2.75) is 37.5 Å². The summed E-state index contributed by atoms with van der Waals surface area (Å²) < 4.78 is 19.1. The Kier molecular flexibility index (Phi) is 5.16. The lowest BCUT2D eigenvalue weighted by Crippen LogP contribution is -2.45. The Labute approximate surface area is 137 Å². The van der Waals surface area contributed by atoms with Crippen LogP contribution in [0.3, 0.4) is 0 Å². The molecule has 1 aromatic rings. The normalized spacial score (nSPS) is 22.1. The maximum atomic E-state index is 13.7. The highest BCUT2D eigenvalue weighted by atomic mass is 19.1. The first-order valence-electron chi connectivity index (χ1n) is 8.58. The van der Waals surface area contributed by atoms with E-state index in [1.54, 1.807) is 12.1 Å². The van der Waals surface area contributed by atoms with Gasteiger partial charge in [0.05, 0.1) is 19.8 Å². The minimum Gasteiger partial charge on any atom is -0.378 e. The number of guanidine groups is 1. The molecule has 23 heavy (non-hydrogen) atoms. The van der Waals surface area contributed by atoms with E-state index in [2.05, 4.69) is 4.90 Å². The molecular formula is C18H26FN3O. The van der Waals surface area contributed by atoms with Crippen LogP contribution in [0.5, 0.6) is 0 Å². The molecule has 4 nitrogen and oxygen atoms in total. The zero-order chi connectivity index (χ0) is 16.1. The van der Waals surface area contributed by atoms with E-state index in [1.807, 2.05) is 6.07 Å². The molecule has 1 heterocycles. The summed E-state index contributed by atoms with van der Waals surface area (Å²) in [6.45, 7) is 3.63. The molecule has 0 bridgehead atoms. The third-order valence-electron chi connectivity index (χ3n) is 5.13. The number of ether oxygens (including phenoxy) is 1. The summed E-state index contributed by atoms with van der Waals surface area (Å²) in [5.74, 6) is 0.423. The Bertz CT molecular complexity index is 549. The fourth-order valence-corrected chi connectivity index (χ4v) is 3.71. The summed E-state index contributed by atoms with van der Waals surface area (Å²) in [6, 6.07) is 7.02. The molecule has 1 saturated carbocycles. The summed E-state index contributed by atoms with van der Waals surface area (Å²) in [7, 11) is 0. The average Bonchev–Trinajstić information content (AvgIpc) is 2.61. The molecule has 3 rings (SSSR count). The summed E-state index contributed by atoms with van der Waals surface area (Å²) in [5, 5.41) is 0. The van der Waals surface area contributed by atoms with Gasteiger partial charge in [-0.3, -0.25) is 4.99 Å². The van der Waals surface area contributed by atoms with E-state index in [-0.39, 0.29) is 11.2 Å². The molecule has 0 aromatic heterocycles. The van der Waals surface area contributed by atoms with E-state index in [1.165, 1.54) is 25.3 Å². The molecule has 1 aliphatic heterocycles. The quantitative estimate of drug-likeness (QED) is 0.688. The van der Waals surface area contributed by atoms with Crippen LogP contribution < -0.4 is 5.73 Å². The van der Waals surface area contributed by atoms with Gasteiger partial charge in [0.1, 0.15) is 5.82 Å². The minimum absolute atomic E-state index is 0.0722. The summed E-state index contributed by atoms with van der Waals surface area (Å²) in [6.07, 6.45) is 5.69. The van der Waals surface area contributed by atoms with Gasteiger partial charge in [0, 0.05) is 18.5 Å². The van der Waals surface area contributed by atoms with E-state index < -0.39 is 0 Å². The lowest BCUT2D eigenvalue weighted by molar-refractivity contribution is 0.0673. The van der Waals surface area contributed by atoms with Gasteiger partial charge >= 0.3 is 0 Å². The number of rotatable bonds is 3. The molecule has 126 valence electrons. The van der Waals surface area contributed by atoms with E-state index >= 15 is 0 Å². The van der Waals surface area contributed by atoms with Crippen molar-refractivity contribution in [3.8, 4) is 0 Å². The van der Waals surface area contributed by atoms with Crippen molar-refractivity contribution >= 4 is 5.96 Å². The molecule has 2 N–H and O–H groups in total. The zero-order valence-corrected chi connectivity index (χ0v) is 13.6. The molecule has 2 aliphatic rings. The van der Waals surface area contributed by atoms with E-state index in [0.717, 1.165) is 31.5 Å². The highest BCUT2D eigenvalue weighted by Crippen LogP contribution is 2.40.